The highest BCUT2D eigenvalue weighted by Gasteiger charge is 2.51. The predicted molar refractivity (Wildman–Crippen MR) is 94.4 cm³/mol. The van der Waals surface area contributed by atoms with E-state index in [0.29, 0.717) is 0 Å². The molecule has 1 heterocycles. The maximum atomic E-state index is 12.5. The minimum absolute atomic E-state index is 0.0353. The molecule has 5 fully saturated rings. The SMILES string of the molecule is C[C@H](C(=O)NC(=O)NC12CC3CC(CC(C3)C1)C2)[NH+]1CC[NH+](C)CC1. The molecule has 5 aliphatic rings. The molecule has 4 N–H and O–H groups in total. The number of amides is 3. The van der Waals surface area contributed by atoms with Gasteiger partial charge >= 0.3 is 6.03 Å². The number of nitrogens with one attached hydrogen (secondary N) is 4. The van der Waals surface area contributed by atoms with E-state index in [1.165, 1.54) is 29.1 Å². The van der Waals surface area contributed by atoms with E-state index in [9.17, 15) is 9.59 Å². The van der Waals surface area contributed by atoms with Crippen LogP contribution in [0.4, 0.5) is 4.79 Å². The van der Waals surface area contributed by atoms with Crippen LogP contribution in [0.15, 0.2) is 0 Å². The minimum atomic E-state index is -0.266. The molecule has 4 bridgehead atoms. The third-order valence-electron chi connectivity index (χ3n) is 7.41. The smallest absolute Gasteiger partial charge is 0.322 e. The Morgan fingerprint density at radius 2 is 1.48 bits per heavy atom. The number of piperazine rings is 1. The third kappa shape index (κ3) is 3.56. The number of urea groups is 1. The summed E-state index contributed by atoms with van der Waals surface area (Å²) < 4.78 is 0. The molecule has 0 aromatic carbocycles. The maximum Gasteiger partial charge on any atom is 0.322 e. The molecular weight excluding hydrogens is 316 g/mol. The van der Waals surface area contributed by atoms with E-state index in [2.05, 4.69) is 17.7 Å². The number of carbonyl (C=O) groups excluding carboxylic acids is 2. The Kier molecular flexibility index (Phi) is 4.52. The van der Waals surface area contributed by atoms with Crippen LogP contribution in [0.3, 0.4) is 0 Å². The number of hydrogen-bond donors (Lipinski definition) is 4. The van der Waals surface area contributed by atoms with Crippen molar-refractivity contribution in [3.8, 4) is 0 Å². The highest BCUT2D eigenvalue weighted by molar-refractivity contribution is 5.96. The van der Waals surface area contributed by atoms with Crippen LogP contribution < -0.4 is 20.4 Å². The first-order valence-electron chi connectivity index (χ1n) is 10.2. The number of rotatable bonds is 3. The van der Waals surface area contributed by atoms with Crippen molar-refractivity contribution in [1.82, 2.24) is 10.6 Å². The maximum absolute atomic E-state index is 12.5. The average molecular weight is 351 g/mol. The molecule has 0 aromatic rings. The van der Waals surface area contributed by atoms with E-state index in [1.807, 2.05) is 6.92 Å². The molecule has 0 unspecified atom stereocenters. The number of carbonyl (C=O) groups is 2. The second-order valence-electron chi connectivity index (χ2n) is 9.48. The van der Waals surface area contributed by atoms with Gasteiger partial charge in [-0.3, -0.25) is 10.1 Å². The average Bonchev–Trinajstić information content (AvgIpc) is 2.52. The molecule has 1 aliphatic heterocycles. The van der Waals surface area contributed by atoms with Crippen molar-refractivity contribution in [2.24, 2.45) is 17.8 Å². The Hall–Kier alpha value is -1.14. The number of imide groups is 1. The van der Waals surface area contributed by atoms with E-state index >= 15 is 0 Å². The molecular formula is C19H34N4O2+2. The molecule has 6 heteroatoms. The molecule has 1 atom stereocenters. The summed E-state index contributed by atoms with van der Waals surface area (Å²) in [6, 6.07) is -0.423. The van der Waals surface area contributed by atoms with Gasteiger partial charge in [0.1, 0.15) is 26.2 Å². The number of quaternary nitrogens is 2. The first-order valence-corrected chi connectivity index (χ1v) is 10.2. The highest BCUT2D eigenvalue weighted by Crippen LogP contribution is 2.55. The first-order chi connectivity index (χ1) is 11.9. The van der Waals surface area contributed by atoms with Gasteiger partial charge in [-0.25, -0.2) is 4.79 Å². The summed E-state index contributed by atoms with van der Waals surface area (Å²) in [4.78, 5) is 27.9. The van der Waals surface area contributed by atoms with Gasteiger partial charge < -0.3 is 15.1 Å². The zero-order chi connectivity index (χ0) is 17.6. The summed E-state index contributed by atoms with van der Waals surface area (Å²) >= 11 is 0. The van der Waals surface area contributed by atoms with Gasteiger partial charge in [-0.2, -0.15) is 0 Å². The summed E-state index contributed by atoms with van der Waals surface area (Å²) in [5, 5.41) is 5.88. The van der Waals surface area contributed by atoms with Crippen LogP contribution in [0, 0.1) is 17.8 Å². The van der Waals surface area contributed by atoms with Crippen molar-refractivity contribution in [1.29, 1.82) is 0 Å². The van der Waals surface area contributed by atoms with Crippen LogP contribution in [-0.4, -0.2) is 56.7 Å². The van der Waals surface area contributed by atoms with Gasteiger partial charge in [0.25, 0.3) is 5.91 Å². The normalized spacial score (nSPS) is 43.5. The van der Waals surface area contributed by atoms with Crippen LogP contribution in [0.5, 0.6) is 0 Å². The second-order valence-corrected chi connectivity index (χ2v) is 9.48. The summed E-state index contributed by atoms with van der Waals surface area (Å²) in [5.74, 6) is 2.24. The lowest BCUT2D eigenvalue weighted by Gasteiger charge is -2.56. The Labute approximate surface area is 150 Å². The fraction of sp³-hybridized carbons (Fsp3) is 0.895. The van der Waals surface area contributed by atoms with Crippen molar-refractivity contribution in [2.45, 2.75) is 57.0 Å². The molecule has 1 saturated heterocycles. The molecule has 5 rings (SSSR count). The topological polar surface area (TPSA) is 67.1 Å². The summed E-state index contributed by atoms with van der Waals surface area (Å²) in [6.07, 6.45) is 7.40. The fourth-order valence-electron chi connectivity index (χ4n) is 6.37. The van der Waals surface area contributed by atoms with Crippen molar-refractivity contribution in [3.63, 3.8) is 0 Å². The van der Waals surface area contributed by atoms with E-state index in [0.717, 1.165) is 63.2 Å². The van der Waals surface area contributed by atoms with E-state index in [-0.39, 0.29) is 23.5 Å². The molecule has 0 spiro atoms. The van der Waals surface area contributed by atoms with Gasteiger partial charge in [-0.15, -0.1) is 0 Å². The predicted octanol–water partition coefficient (Wildman–Crippen LogP) is -1.42. The van der Waals surface area contributed by atoms with Crippen LogP contribution in [0.25, 0.3) is 0 Å². The van der Waals surface area contributed by atoms with E-state index in [4.69, 9.17) is 0 Å². The Morgan fingerprint density at radius 1 is 0.960 bits per heavy atom. The Morgan fingerprint density at radius 3 is 2.00 bits per heavy atom. The molecule has 3 amide bonds. The zero-order valence-corrected chi connectivity index (χ0v) is 15.7. The molecule has 4 saturated carbocycles. The standard InChI is InChI=1S/C19H32N4O2/c1-13(23-5-3-22(2)4-6-23)17(24)20-18(25)21-19-10-14-7-15(11-19)9-16(8-14)12-19/h13-16H,3-12H2,1-2H3,(H2,20,21,24,25)/p+2/t13-,14?,15?,16?,19?/m1/s1. The van der Waals surface area contributed by atoms with Gasteiger partial charge in [0.15, 0.2) is 6.04 Å². The van der Waals surface area contributed by atoms with Crippen LogP contribution in [0.1, 0.15) is 45.4 Å². The van der Waals surface area contributed by atoms with Gasteiger partial charge in [0.05, 0.1) is 7.05 Å². The van der Waals surface area contributed by atoms with Crippen molar-refractivity contribution < 1.29 is 19.4 Å². The Bertz CT molecular complexity index is 506. The van der Waals surface area contributed by atoms with Crippen molar-refractivity contribution in [3.05, 3.63) is 0 Å². The quantitative estimate of drug-likeness (QED) is 0.505. The molecule has 25 heavy (non-hydrogen) atoms. The zero-order valence-electron chi connectivity index (χ0n) is 15.7. The summed E-state index contributed by atoms with van der Waals surface area (Å²) in [5.41, 5.74) is -0.0353. The lowest BCUT2D eigenvalue weighted by Crippen LogP contribution is -3.29. The molecule has 0 aromatic heterocycles. The number of likely N-dealkylation sites (N-methyl/N-ethyl adjacent to an activating group) is 1. The lowest BCUT2D eigenvalue weighted by molar-refractivity contribution is -1.01. The second kappa shape index (κ2) is 6.54. The van der Waals surface area contributed by atoms with Gasteiger partial charge in [-0.05, 0) is 63.2 Å². The third-order valence-corrected chi connectivity index (χ3v) is 7.41. The molecule has 4 aliphatic carbocycles. The van der Waals surface area contributed by atoms with E-state index in [1.54, 1.807) is 0 Å². The van der Waals surface area contributed by atoms with Gasteiger partial charge in [0, 0.05) is 5.54 Å². The van der Waals surface area contributed by atoms with Gasteiger partial charge in [0.2, 0.25) is 0 Å². The summed E-state index contributed by atoms with van der Waals surface area (Å²) in [7, 11) is 2.19. The summed E-state index contributed by atoms with van der Waals surface area (Å²) in [6.45, 7) is 6.12. The lowest BCUT2D eigenvalue weighted by atomic mass is 9.53. The molecule has 6 nitrogen and oxygen atoms in total. The van der Waals surface area contributed by atoms with Gasteiger partial charge in [-0.1, -0.05) is 0 Å². The van der Waals surface area contributed by atoms with Crippen molar-refractivity contribution in [2.75, 3.05) is 33.2 Å². The number of hydrogen-bond acceptors (Lipinski definition) is 2. The highest BCUT2D eigenvalue weighted by atomic mass is 16.2. The van der Waals surface area contributed by atoms with Crippen LogP contribution in [0.2, 0.25) is 0 Å². The minimum Gasteiger partial charge on any atom is -0.332 e. The largest absolute Gasteiger partial charge is 0.332 e. The van der Waals surface area contributed by atoms with Crippen LogP contribution >= 0.6 is 0 Å². The van der Waals surface area contributed by atoms with Crippen LogP contribution in [-0.2, 0) is 4.79 Å². The molecule has 140 valence electrons. The van der Waals surface area contributed by atoms with E-state index < -0.39 is 0 Å². The Balaban J connectivity index is 1.31. The molecule has 0 radical (unpaired) electrons. The fourth-order valence-corrected chi connectivity index (χ4v) is 6.37. The first kappa shape index (κ1) is 17.3. The van der Waals surface area contributed by atoms with Crippen molar-refractivity contribution >= 4 is 11.9 Å². The monoisotopic (exact) mass is 350 g/mol.